The number of amides is 1. The maximum Gasteiger partial charge on any atom is 0.234 e. The Bertz CT molecular complexity index is 756. The number of hydrogen-bond acceptors (Lipinski definition) is 7. The minimum Gasteiger partial charge on any atom is -0.493 e. The van der Waals surface area contributed by atoms with Crippen LogP contribution in [0.2, 0.25) is 0 Å². The predicted molar refractivity (Wildman–Crippen MR) is 104 cm³/mol. The fraction of sp³-hybridized carbons (Fsp3) is 0.500. The van der Waals surface area contributed by atoms with Gasteiger partial charge in [-0.2, -0.15) is 0 Å². The van der Waals surface area contributed by atoms with E-state index in [0.29, 0.717) is 31.2 Å². The van der Waals surface area contributed by atoms with Crippen molar-refractivity contribution in [3.8, 4) is 11.5 Å². The first-order valence-electron chi connectivity index (χ1n) is 9.53. The van der Waals surface area contributed by atoms with Crippen molar-refractivity contribution < 1.29 is 18.8 Å². The third-order valence-corrected chi connectivity index (χ3v) is 4.65. The topological polar surface area (TPSA) is 80.1 Å². The van der Waals surface area contributed by atoms with Crippen molar-refractivity contribution >= 4 is 5.91 Å². The van der Waals surface area contributed by atoms with Crippen molar-refractivity contribution in [3.05, 3.63) is 41.8 Å². The van der Waals surface area contributed by atoms with Gasteiger partial charge in [0.15, 0.2) is 11.5 Å². The number of carbonyl (C=O) groups is 1. The quantitative estimate of drug-likeness (QED) is 0.649. The maximum absolute atomic E-state index is 12.2. The van der Waals surface area contributed by atoms with Crippen LogP contribution in [0.1, 0.15) is 11.5 Å². The van der Waals surface area contributed by atoms with Gasteiger partial charge in [0.1, 0.15) is 12.4 Å². The van der Waals surface area contributed by atoms with E-state index in [1.165, 1.54) is 0 Å². The number of piperazine rings is 1. The molecule has 0 bridgehead atoms. The van der Waals surface area contributed by atoms with E-state index in [-0.39, 0.29) is 5.91 Å². The average molecular weight is 388 g/mol. The fourth-order valence-electron chi connectivity index (χ4n) is 3.18. The zero-order valence-corrected chi connectivity index (χ0v) is 16.5. The number of ether oxygens (including phenoxy) is 2. The molecule has 2 heterocycles. The summed E-state index contributed by atoms with van der Waals surface area (Å²) in [6.07, 6.45) is 0. The van der Waals surface area contributed by atoms with Crippen LogP contribution in [-0.2, 0) is 11.3 Å². The van der Waals surface area contributed by atoms with E-state index >= 15 is 0 Å². The highest BCUT2D eigenvalue weighted by Gasteiger charge is 2.19. The van der Waals surface area contributed by atoms with Crippen molar-refractivity contribution in [1.29, 1.82) is 0 Å². The van der Waals surface area contributed by atoms with E-state index in [1.807, 2.05) is 37.3 Å². The molecule has 1 fully saturated rings. The number of carbonyl (C=O) groups excluding carboxylic acids is 1. The highest BCUT2D eigenvalue weighted by atomic mass is 16.5. The van der Waals surface area contributed by atoms with E-state index in [2.05, 4.69) is 20.3 Å². The largest absolute Gasteiger partial charge is 0.493 e. The summed E-state index contributed by atoms with van der Waals surface area (Å²) in [5.41, 5.74) is 0.957. The van der Waals surface area contributed by atoms with Gasteiger partial charge < -0.3 is 19.3 Å². The van der Waals surface area contributed by atoms with Crippen molar-refractivity contribution in [1.82, 2.24) is 20.3 Å². The normalized spacial score (nSPS) is 15.4. The summed E-state index contributed by atoms with van der Waals surface area (Å²) in [5.74, 6) is 2.22. The lowest BCUT2D eigenvalue weighted by molar-refractivity contribution is -0.122. The molecule has 1 N–H and O–H groups in total. The van der Waals surface area contributed by atoms with Crippen molar-refractivity contribution in [3.63, 3.8) is 0 Å². The van der Waals surface area contributed by atoms with Crippen LogP contribution in [0.4, 0.5) is 0 Å². The van der Waals surface area contributed by atoms with Gasteiger partial charge in [-0.15, -0.1) is 0 Å². The lowest BCUT2D eigenvalue weighted by atomic mass is 10.2. The summed E-state index contributed by atoms with van der Waals surface area (Å²) in [5, 5.41) is 6.95. The molecule has 1 aromatic carbocycles. The summed E-state index contributed by atoms with van der Waals surface area (Å²) in [4.78, 5) is 16.6. The highest BCUT2D eigenvalue weighted by Crippen LogP contribution is 2.25. The maximum atomic E-state index is 12.2. The van der Waals surface area contributed by atoms with E-state index < -0.39 is 0 Å². The third kappa shape index (κ3) is 5.97. The van der Waals surface area contributed by atoms with Gasteiger partial charge in [0.05, 0.1) is 25.9 Å². The molecule has 3 rings (SSSR count). The highest BCUT2D eigenvalue weighted by molar-refractivity contribution is 5.78. The fourth-order valence-corrected chi connectivity index (χ4v) is 3.18. The van der Waals surface area contributed by atoms with Crippen molar-refractivity contribution in [2.45, 2.75) is 13.5 Å². The van der Waals surface area contributed by atoms with Gasteiger partial charge in [0.2, 0.25) is 5.91 Å². The van der Waals surface area contributed by atoms with Crippen LogP contribution in [0, 0.1) is 6.92 Å². The SMILES string of the molecule is COc1ccccc1OCCNC(=O)CN1CCN(Cc2cc(C)on2)CC1. The number of rotatable bonds is 9. The first-order chi connectivity index (χ1) is 13.6. The molecule has 152 valence electrons. The van der Waals surface area contributed by atoms with Crippen LogP contribution in [0.15, 0.2) is 34.9 Å². The van der Waals surface area contributed by atoms with Crippen LogP contribution in [0.3, 0.4) is 0 Å². The Labute approximate surface area is 165 Å². The molecule has 1 amide bonds. The lowest BCUT2D eigenvalue weighted by Crippen LogP contribution is -2.49. The number of methoxy groups -OCH3 is 1. The summed E-state index contributed by atoms with van der Waals surface area (Å²) in [6.45, 7) is 7.51. The molecule has 1 aliphatic heterocycles. The Kier molecular flexibility index (Phi) is 7.27. The van der Waals surface area contributed by atoms with E-state index in [0.717, 1.165) is 44.2 Å². The van der Waals surface area contributed by atoms with Crippen LogP contribution >= 0.6 is 0 Å². The summed E-state index contributed by atoms with van der Waals surface area (Å²) in [6, 6.07) is 9.44. The molecular formula is C20H28N4O4. The Morgan fingerprint density at radius 3 is 2.57 bits per heavy atom. The Morgan fingerprint density at radius 1 is 1.18 bits per heavy atom. The molecule has 8 nitrogen and oxygen atoms in total. The average Bonchev–Trinajstić information content (AvgIpc) is 3.11. The molecule has 1 saturated heterocycles. The number of aromatic nitrogens is 1. The second-order valence-corrected chi connectivity index (χ2v) is 6.83. The lowest BCUT2D eigenvalue weighted by Gasteiger charge is -2.33. The molecule has 0 unspecified atom stereocenters. The number of nitrogens with zero attached hydrogens (tertiary/aromatic N) is 3. The Hall–Kier alpha value is -2.58. The molecule has 0 saturated carbocycles. The Morgan fingerprint density at radius 2 is 1.89 bits per heavy atom. The van der Waals surface area contributed by atoms with Gasteiger partial charge in [-0.05, 0) is 19.1 Å². The van der Waals surface area contributed by atoms with Crippen molar-refractivity contribution in [2.24, 2.45) is 0 Å². The zero-order chi connectivity index (χ0) is 19.8. The van der Waals surface area contributed by atoms with E-state index in [1.54, 1.807) is 7.11 Å². The van der Waals surface area contributed by atoms with E-state index in [9.17, 15) is 4.79 Å². The van der Waals surface area contributed by atoms with E-state index in [4.69, 9.17) is 14.0 Å². The van der Waals surface area contributed by atoms with Crippen LogP contribution in [0.25, 0.3) is 0 Å². The second-order valence-electron chi connectivity index (χ2n) is 6.83. The number of benzene rings is 1. The van der Waals surface area contributed by atoms with Crippen molar-refractivity contribution in [2.75, 3.05) is 53.0 Å². The number of nitrogens with one attached hydrogen (secondary N) is 1. The molecule has 0 atom stereocenters. The monoisotopic (exact) mass is 388 g/mol. The third-order valence-electron chi connectivity index (χ3n) is 4.65. The van der Waals surface area contributed by atoms with Gasteiger partial charge in [0, 0.05) is 38.8 Å². The number of para-hydroxylation sites is 2. The standard InChI is InChI=1S/C20H28N4O4/c1-16-13-17(22-28-16)14-23-8-10-24(11-9-23)15-20(25)21-7-12-27-19-6-4-3-5-18(19)26-2/h3-6,13H,7-12,14-15H2,1-2H3,(H,21,25). The summed E-state index contributed by atoms with van der Waals surface area (Å²) >= 11 is 0. The first-order valence-corrected chi connectivity index (χ1v) is 9.53. The molecule has 0 radical (unpaired) electrons. The van der Waals surface area contributed by atoms with Gasteiger partial charge >= 0.3 is 0 Å². The number of hydrogen-bond donors (Lipinski definition) is 1. The molecule has 1 aliphatic rings. The van der Waals surface area contributed by atoms with Gasteiger partial charge in [-0.1, -0.05) is 17.3 Å². The zero-order valence-electron chi connectivity index (χ0n) is 16.5. The minimum absolute atomic E-state index is 0.0178. The van der Waals surface area contributed by atoms with Crippen LogP contribution in [-0.4, -0.2) is 73.8 Å². The summed E-state index contributed by atoms with van der Waals surface area (Å²) < 4.78 is 16.0. The van der Waals surface area contributed by atoms with Gasteiger partial charge in [-0.3, -0.25) is 14.6 Å². The summed E-state index contributed by atoms with van der Waals surface area (Å²) in [7, 11) is 1.61. The molecule has 28 heavy (non-hydrogen) atoms. The molecule has 8 heteroatoms. The molecular weight excluding hydrogens is 360 g/mol. The van der Waals surface area contributed by atoms with Gasteiger partial charge in [-0.25, -0.2) is 0 Å². The first kappa shape index (κ1) is 20.2. The second kappa shape index (κ2) is 10.1. The smallest absolute Gasteiger partial charge is 0.234 e. The predicted octanol–water partition coefficient (Wildman–Crippen LogP) is 1.30. The molecule has 1 aromatic heterocycles. The van der Waals surface area contributed by atoms with Gasteiger partial charge in [0.25, 0.3) is 0 Å². The minimum atomic E-state index is 0.0178. The Balaban J connectivity index is 1.30. The van der Waals surface area contributed by atoms with Crippen LogP contribution < -0.4 is 14.8 Å². The van der Waals surface area contributed by atoms with Crippen LogP contribution in [0.5, 0.6) is 11.5 Å². The molecule has 0 aliphatic carbocycles. The molecule has 0 spiro atoms. The number of aryl methyl sites for hydroxylation is 1. The molecule has 2 aromatic rings.